The molecule has 0 spiro atoms. The summed E-state index contributed by atoms with van der Waals surface area (Å²) in [7, 11) is 0. The van der Waals surface area contributed by atoms with Gasteiger partial charge in [0.25, 0.3) is 5.91 Å². The number of fused-ring (bicyclic) bond motifs is 1. The molecule has 3 nitrogen and oxygen atoms in total. The van der Waals surface area contributed by atoms with E-state index in [2.05, 4.69) is 5.32 Å². The van der Waals surface area contributed by atoms with Crippen LogP contribution in [0.25, 0.3) is 10.8 Å². The first-order valence-electron chi connectivity index (χ1n) is 8.19. The summed E-state index contributed by atoms with van der Waals surface area (Å²) in [5, 5.41) is 5.13. The molecular formula is C21H21NO2. The number of carbonyl (C=O) groups is 1. The van der Waals surface area contributed by atoms with Crippen molar-refractivity contribution in [2.45, 2.75) is 26.4 Å². The first kappa shape index (κ1) is 16.1. The smallest absolute Gasteiger partial charge is 0.265 e. The molecule has 3 rings (SSSR count). The number of hydrogen-bond donors (Lipinski definition) is 1. The average Bonchev–Trinajstić information content (AvgIpc) is 2.61. The minimum absolute atomic E-state index is 0.130. The third kappa shape index (κ3) is 3.57. The van der Waals surface area contributed by atoms with E-state index >= 15 is 0 Å². The largest absolute Gasteiger partial charge is 0.481 e. The van der Waals surface area contributed by atoms with Crippen LogP contribution < -0.4 is 10.1 Å². The lowest BCUT2D eigenvalue weighted by Gasteiger charge is -2.18. The van der Waals surface area contributed by atoms with Crippen LogP contribution in [0.5, 0.6) is 5.75 Å². The minimum Gasteiger partial charge on any atom is -0.481 e. The van der Waals surface area contributed by atoms with Gasteiger partial charge < -0.3 is 10.1 Å². The van der Waals surface area contributed by atoms with Crippen LogP contribution in [0.2, 0.25) is 0 Å². The predicted octanol–water partition coefficient (Wildman–Crippen LogP) is 4.94. The molecule has 0 fully saturated rings. The molecule has 3 aromatic carbocycles. The van der Waals surface area contributed by atoms with Crippen LogP contribution in [0.1, 0.15) is 18.9 Å². The van der Waals surface area contributed by atoms with Crippen LogP contribution in [0.3, 0.4) is 0 Å². The number of hydrogen-bond acceptors (Lipinski definition) is 2. The number of rotatable bonds is 5. The van der Waals surface area contributed by atoms with Crippen LogP contribution in [0.4, 0.5) is 5.69 Å². The number of aryl methyl sites for hydroxylation is 1. The predicted molar refractivity (Wildman–Crippen MR) is 98.5 cm³/mol. The molecule has 1 atom stereocenters. The number of anilines is 1. The van der Waals surface area contributed by atoms with Gasteiger partial charge in [0, 0.05) is 11.1 Å². The van der Waals surface area contributed by atoms with Crippen LogP contribution in [0.15, 0.2) is 66.7 Å². The summed E-state index contributed by atoms with van der Waals surface area (Å²) in [5.74, 6) is 0.579. The van der Waals surface area contributed by atoms with Crippen molar-refractivity contribution in [1.82, 2.24) is 0 Å². The lowest BCUT2D eigenvalue weighted by molar-refractivity contribution is -0.122. The Kier molecular flexibility index (Phi) is 4.80. The molecule has 3 aromatic rings. The van der Waals surface area contributed by atoms with E-state index in [4.69, 9.17) is 4.74 Å². The van der Waals surface area contributed by atoms with E-state index < -0.39 is 6.10 Å². The SMILES string of the molecule is CC[C@H](Oc1ccc(C)cc1)C(=O)Nc1cccc2ccccc12. The lowest BCUT2D eigenvalue weighted by atomic mass is 10.1. The molecule has 0 heterocycles. The number of amides is 1. The Morgan fingerprint density at radius 3 is 2.46 bits per heavy atom. The van der Waals surface area contributed by atoms with E-state index in [1.165, 1.54) is 0 Å². The Hall–Kier alpha value is -2.81. The number of benzene rings is 3. The van der Waals surface area contributed by atoms with Crippen LogP contribution in [-0.2, 0) is 4.79 Å². The molecule has 0 aromatic heterocycles. The fourth-order valence-electron chi connectivity index (χ4n) is 2.65. The normalized spacial score (nSPS) is 11.9. The molecule has 1 amide bonds. The number of ether oxygens (including phenoxy) is 1. The monoisotopic (exact) mass is 319 g/mol. The van der Waals surface area contributed by atoms with Crippen molar-refractivity contribution in [2.75, 3.05) is 5.32 Å². The second-order valence-corrected chi connectivity index (χ2v) is 5.84. The average molecular weight is 319 g/mol. The highest BCUT2D eigenvalue weighted by atomic mass is 16.5. The molecule has 0 bridgehead atoms. The van der Waals surface area contributed by atoms with Gasteiger partial charge in [-0.05, 0) is 36.9 Å². The maximum atomic E-state index is 12.6. The van der Waals surface area contributed by atoms with E-state index in [1.807, 2.05) is 80.6 Å². The van der Waals surface area contributed by atoms with Gasteiger partial charge >= 0.3 is 0 Å². The van der Waals surface area contributed by atoms with Gasteiger partial charge in [-0.25, -0.2) is 0 Å². The first-order chi connectivity index (χ1) is 11.7. The Morgan fingerprint density at radius 1 is 1.00 bits per heavy atom. The highest BCUT2D eigenvalue weighted by Gasteiger charge is 2.19. The molecule has 0 unspecified atom stereocenters. The summed E-state index contributed by atoms with van der Waals surface area (Å²) in [6.07, 6.45) is 0.0801. The van der Waals surface area contributed by atoms with E-state index in [-0.39, 0.29) is 5.91 Å². The fraction of sp³-hybridized carbons (Fsp3) is 0.190. The second-order valence-electron chi connectivity index (χ2n) is 5.84. The Morgan fingerprint density at radius 2 is 1.71 bits per heavy atom. The van der Waals surface area contributed by atoms with E-state index in [9.17, 15) is 4.79 Å². The third-order valence-electron chi connectivity index (χ3n) is 4.01. The number of nitrogens with one attached hydrogen (secondary N) is 1. The van der Waals surface area contributed by atoms with Crippen molar-refractivity contribution < 1.29 is 9.53 Å². The van der Waals surface area contributed by atoms with Crippen LogP contribution in [0, 0.1) is 6.92 Å². The quantitative estimate of drug-likeness (QED) is 0.723. The highest BCUT2D eigenvalue weighted by Crippen LogP contribution is 2.23. The van der Waals surface area contributed by atoms with E-state index in [1.54, 1.807) is 0 Å². The molecule has 1 N–H and O–H groups in total. The van der Waals surface area contributed by atoms with E-state index in [0.717, 1.165) is 22.0 Å². The van der Waals surface area contributed by atoms with Gasteiger partial charge in [0.15, 0.2) is 6.10 Å². The molecular weight excluding hydrogens is 298 g/mol. The Labute approximate surface area is 142 Å². The molecule has 0 aliphatic carbocycles. The van der Waals surface area contributed by atoms with Crippen molar-refractivity contribution >= 4 is 22.4 Å². The minimum atomic E-state index is -0.522. The summed E-state index contributed by atoms with van der Waals surface area (Å²) in [5.41, 5.74) is 1.97. The molecule has 0 aliphatic heterocycles. The molecule has 24 heavy (non-hydrogen) atoms. The standard InChI is InChI=1S/C21H21NO2/c1-3-20(24-17-13-11-15(2)12-14-17)21(23)22-19-10-6-8-16-7-4-5-9-18(16)19/h4-14,20H,3H2,1-2H3,(H,22,23)/t20-/m0/s1. The third-order valence-corrected chi connectivity index (χ3v) is 4.01. The zero-order valence-electron chi connectivity index (χ0n) is 14.0. The van der Waals surface area contributed by atoms with Crippen molar-refractivity contribution in [3.63, 3.8) is 0 Å². The molecule has 3 heteroatoms. The van der Waals surface area contributed by atoms with Gasteiger partial charge in [-0.3, -0.25) is 4.79 Å². The summed E-state index contributed by atoms with van der Waals surface area (Å²) in [6.45, 7) is 3.97. The van der Waals surface area contributed by atoms with Gasteiger partial charge in [-0.2, -0.15) is 0 Å². The Bertz CT molecular complexity index is 835. The zero-order valence-corrected chi connectivity index (χ0v) is 14.0. The maximum Gasteiger partial charge on any atom is 0.265 e. The van der Waals surface area contributed by atoms with Crippen molar-refractivity contribution in [2.24, 2.45) is 0 Å². The van der Waals surface area contributed by atoms with Crippen molar-refractivity contribution in [3.8, 4) is 5.75 Å². The lowest BCUT2D eigenvalue weighted by Crippen LogP contribution is -2.32. The highest BCUT2D eigenvalue weighted by molar-refractivity contribution is 6.03. The molecule has 0 saturated heterocycles. The summed E-state index contributed by atoms with van der Waals surface area (Å²) in [6, 6.07) is 21.6. The van der Waals surface area contributed by atoms with Crippen LogP contribution >= 0.6 is 0 Å². The van der Waals surface area contributed by atoms with Gasteiger partial charge in [0.2, 0.25) is 0 Å². The van der Waals surface area contributed by atoms with Gasteiger partial charge in [0.1, 0.15) is 5.75 Å². The maximum absolute atomic E-state index is 12.6. The summed E-state index contributed by atoms with van der Waals surface area (Å²) in [4.78, 5) is 12.6. The zero-order chi connectivity index (χ0) is 16.9. The summed E-state index contributed by atoms with van der Waals surface area (Å²) < 4.78 is 5.85. The molecule has 0 aliphatic rings. The van der Waals surface area contributed by atoms with Crippen LogP contribution in [-0.4, -0.2) is 12.0 Å². The van der Waals surface area contributed by atoms with E-state index in [0.29, 0.717) is 12.2 Å². The molecule has 122 valence electrons. The topological polar surface area (TPSA) is 38.3 Å². The first-order valence-corrected chi connectivity index (χ1v) is 8.19. The Balaban J connectivity index is 1.77. The fourth-order valence-corrected chi connectivity index (χ4v) is 2.65. The van der Waals surface area contributed by atoms with Gasteiger partial charge in [-0.15, -0.1) is 0 Å². The van der Waals surface area contributed by atoms with Crippen molar-refractivity contribution in [1.29, 1.82) is 0 Å². The van der Waals surface area contributed by atoms with Gasteiger partial charge in [-0.1, -0.05) is 61.0 Å². The summed E-state index contributed by atoms with van der Waals surface area (Å²) >= 11 is 0. The molecule has 0 saturated carbocycles. The second kappa shape index (κ2) is 7.18. The molecule has 0 radical (unpaired) electrons. The van der Waals surface area contributed by atoms with Crippen molar-refractivity contribution in [3.05, 3.63) is 72.3 Å². The number of carbonyl (C=O) groups excluding carboxylic acids is 1. The van der Waals surface area contributed by atoms with Gasteiger partial charge in [0.05, 0.1) is 0 Å².